The molecule has 1 atom stereocenters. The Labute approximate surface area is 183 Å². The van der Waals surface area contributed by atoms with Crippen LogP contribution in [0.15, 0.2) is 47.4 Å². The monoisotopic (exact) mass is 448 g/mol. The van der Waals surface area contributed by atoms with E-state index in [0.717, 1.165) is 11.3 Å². The molecule has 0 aliphatic carbocycles. The first-order chi connectivity index (χ1) is 14.9. The van der Waals surface area contributed by atoms with Gasteiger partial charge < -0.3 is 19.5 Å². The van der Waals surface area contributed by atoms with Crippen molar-refractivity contribution in [3.8, 4) is 11.5 Å². The first-order valence-electron chi connectivity index (χ1n) is 10.1. The zero-order valence-electron chi connectivity index (χ0n) is 18.0. The van der Waals surface area contributed by atoms with E-state index in [1.165, 1.54) is 29.6 Å². The normalized spacial score (nSPS) is 15.8. The molecule has 1 heterocycles. The summed E-state index contributed by atoms with van der Waals surface area (Å²) in [5, 5.41) is 2.98. The van der Waals surface area contributed by atoms with Gasteiger partial charge in [-0.25, -0.2) is 8.42 Å². The second kappa shape index (κ2) is 10.1. The van der Waals surface area contributed by atoms with E-state index >= 15 is 0 Å². The second-order valence-electron chi connectivity index (χ2n) is 7.09. The number of hydrogen-bond donors (Lipinski definition) is 1. The van der Waals surface area contributed by atoms with E-state index in [9.17, 15) is 13.2 Å². The molecule has 2 aromatic rings. The summed E-state index contributed by atoms with van der Waals surface area (Å²) in [7, 11) is -0.690. The van der Waals surface area contributed by atoms with Crippen LogP contribution in [0, 0.1) is 0 Å². The fourth-order valence-electron chi connectivity index (χ4n) is 3.45. The molecule has 9 heteroatoms. The van der Waals surface area contributed by atoms with Gasteiger partial charge in [-0.05, 0) is 42.3 Å². The van der Waals surface area contributed by atoms with Crippen molar-refractivity contribution in [1.29, 1.82) is 0 Å². The summed E-state index contributed by atoms with van der Waals surface area (Å²) < 4.78 is 43.1. The summed E-state index contributed by atoms with van der Waals surface area (Å²) in [4.78, 5) is 13.2. The van der Waals surface area contributed by atoms with Crippen molar-refractivity contribution in [1.82, 2.24) is 9.62 Å². The number of nitrogens with zero attached hydrogens (tertiary/aromatic N) is 1. The largest absolute Gasteiger partial charge is 0.497 e. The van der Waals surface area contributed by atoms with Crippen LogP contribution in [0.1, 0.15) is 35.3 Å². The number of rotatable bonds is 8. The molecule has 1 aliphatic heterocycles. The zero-order valence-corrected chi connectivity index (χ0v) is 18.8. The first-order valence-corrected chi connectivity index (χ1v) is 11.6. The SMILES string of the molecule is CC[C@H](NC(=O)c1cc(S(=O)(=O)N2CCOCC2)ccc1OC)c1ccc(OC)cc1. The van der Waals surface area contributed by atoms with E-state index in [-0.39, 0.29) is 29.6 Å². The predicted molar refractivity (Wildman–Crippen MR) is 116 cm³/mol. The highest BCUT2D eigenvalue weighted by atomic mass is 32.2. The van der Waals surface area contributed by atoms with Gasteiger partial charge in [0.15, 0.2) is 0 Å². The van der Waals surface area contributed by atoms with Gasteiger partial charge in [-0.3, -0.25) is 4.79 Å². The van der Waals surface area contributed by atoms with Crippen LogP contribution < -0.4 is 14.8 Å². The van der Waals surface area contributed by atoms with Crippen molar-refractivity contribution in [3.63, 3.8) is 0 Å². The minimum Gasteiger partial charge on any atom is -0.497 e. The van der Waals surface area contributed by atoms with Crippen LogP contribution in [0.25, 0.3) is 0 Å². The van der Waals surface area contributed by atoms with Gasteiger partial charge in [0.2, 0.25) is 10.0 Å². The summed E-state index contributed by atoms with van der Waals surface area (Å²) in [6, 6.07) is 11.5. The van der Waals surface area contributed by atoms with E-state index in [4.69, 9.17) is 14.2 Å². The number of amides is 1. The molecule has 1 saturated heterocycles. The van der Waals surface area contributed by atoms with Crippen LogP contribution in [0.2, 0.25) is 0 Å². The first kappa shape index (κ1) is 23.1. The van der Waals surface area contributed by atoms with Crippen molar-refractivity contribution in [2.45, 2.75) is 24.3 Å². The molecule has 31 heavy (non-hydrogen) atoms. The van der Waals surface area contributed by atoms with Crippen LogP contribution in [-0.2, 0) is 14.8 Å². The fourth-order valence-corrected chi connectivity index (χ4v) is 4.89. The Hall–Kier alpha value is -2.62. The standard InChI is InChI=1S/C22H28N2O6S/c1-4-20(16-5-7-17(28-2)8-6-16)23-22(25)19-15-18(9-10-21(19)29-3)31(26,27)24-11-13-30-14-12-24/h5-10,15,20H,4,11-14H2,1-3H3,(H,23,25)/t20-/m0/s1. The molecule has 168 valence electrons. The number of hydrogen-bond acceptors (Lipinski definition) is 6. The van der Waals surface area contributed by atoms with Gasteiger partial charge >= 0.3 is 0 Å². The lowest BCUT2D eigenvalue weighted by Crippen LogP contribution is -2.40. The lowest BCUT2D eigenvalue weighted by molar-refractivity contribution is 0.0730. The Morgan fingerprint density at radius 1 is 1.10 bits per heavy atom. The number of carbonyl (C=O) groups is 1. The Balaban J connectivity index is 1.87. The average Bonchev–Trinajstić information content (AvgIpc) is 2.82. The fraction of sp³-hybridized carbons (Fsp3) is 0.409. The summed E-state index contributed by atoms with van der Waals surface area (Å²) >= 11 is 0. The van der Waals surface area contributed by atoms with Gasteiger partial charge in [0, 0.05) is 13.1 Å². The van der Waals surface area contributed by atoms with Crippen LogP contribution in [-0.4, -0.2) is 59.2 Å². The molecule has 2 aromatic carbocycles. The molecular formula is C22H28N2O6S. The van der Waals surface area contributed by atoms with Gasteiger partial charge in [-0.1, -0.05) is 19.1 Å². The molecule has 0 aromatic heterocycles. The van der Waals surface area contributed by atoms with Crippen molar-refractivity contribution in [2.24, 2.45) is 0 Å². The molecule has 1 amide bonds. The molecule has 0 unspecified atom stereocenters. The third-order valence-electron chi connectivity index (χ3n) is 5.26. The minimum atomic E-state index is -3.73. The Morgan fingerprint density at radius 3 is 2.35 bits per heavy atom. The summed E-state index contributed by atoms with van der Waals surface area (Å²) in [5.41, 5.74) is 1.09. The summed E-state index contributed by atoms with van der Waals surface area (Å²) in [6.07, 6.45) is 0.659. The van der Waals surface area contributed by atoms with Crippen LogP contribution in [0.5, 0.6) is 11.5 Å². The smallest absolute Gasteiger partial charge is 0.255 e. The molecule has 0 bridgehead atoms. The van der Waals surface area contributed by atoms with Crippen molar-refractivity contribution in [3.05, 3.63) is 53.6 Å². The topological polar surface area (TPSA) is 94.2 Å². The molecule has 0 radical (unpaired) electrons. The van der Waals surface area contributed by atoms with E-state index in [0.29, 0.717) is 25.4 Å². The molecule has 0 spiro atoms. The molecule has 0 saturated carbocycles. The van der Waals surface area contributed by atoms with Crippen LogP contribution >= 0.6 is 0 Å². The maximum atomic E-state index is 13.1. The third-order valence-corrected chi connectivity index (χ3v) is 7.15. The Morgan fingerprint density at radius 2 is 1.77 bits per heavy atom. The second-order valence-corrected chi connectivity index (χ2v) is 9.02. The highest BCUT2D eigenvalue weighted by molar-refractivity contribution is 7.89. The van der Waals surface area contributed by atoms with Gasteiger partial charge in [-0.2, -0.15) is 4.31 Å². The highest BCUT2D eigenvalue weighted by Gasteiger charge is 2.28. The van der Waals surface area contributed by atoms with Crippen LogP contribution in [0.4, 0.5) is 0 Å². The Kier molecular flexibility index (Phi) is 7.53. The number of carbonyl (C=O) groups excluding carboxylic acids is 1. The molecule has 3 rings (SSSR count). The number of ether oxygens (including phenoxy) is 3. The van der Waals surface area contributed by atoms with E-state index in [2.05, 4.69) is 5.32 Å². The van der Waals surface area contributed by atoms with Crippen molar-refractivity contribution in [2.75, 3.05) is 40.5 Å². The third kappa shape index (κ3) is 5.17. The Bertz CT molecular complexity index is 1000. The van der Waals surface area contributed by atoms with Gasteiger partial charge in [0.1, 0.15) is 11.5 Å². The number of benzene rings is 2. The molecule has 8 nitrogen and oxygen atoms in total. The van der Waals surface area contributed by atoms with Gasteiger partial charge in [-0.15, -0.1) is 0 Å². The van der Waals surface area contributed by atoms with E-state index < -0.39 is 15.9 Å². The van der Waals surface area contributed by atoms with Crippen molar-refractivity contribution < 1.29 is 27.4 Å². The van der Waals surface area contributed by atoms with E-state index in [1.807, 2.05) is 31.2 Å². The van der Waals surface area contributed by atoms with Crippen LogP contribution in [0.3, 0.4) is 0 Å². The van der Waals surface area contributed by atoms with Gasteiger partial charge in [0.25, 0.3) is 5.91 Å². The highest BCUT2D eigenvalue weighted by Crippen LogP contribution is 2.27. The lowest BCUT2D eigenvalue weighted by atomic mass is 10.0. The minimum absolute atomic E-state index is 0.0536. The molecule has 1 aliphatic rings. The number of nitrogens with one attached hydrogen (secondary N) is 1. The lowest BCUT2D eigenvalue weighted by Gasteiger charge is -2.26. The van der Waals surface area contributed by atoms with Crippen molar-refractivity contribution >= 4 is 15.9 Å². The maximum Gasteiger partial charge on any atom is 0.255 e. The molecule has 1 N–H and O–H groups in total. The molecular weight excluding hydrogens is 420 g/mol. The average molecular weight is 449 g/mol. The number of morpholine rings is 1. The number of sulfonamides is 1. The predicted octanol–water partition coefficient (Wildman–Crippen LogP) is 2.61. The maximum absolute atomic E-state index is 13.1. The van der Waals surface area contributed by atoms with E-state index in [1.54, 1.807) is 7.11 Å². The van der Waals surface area contributed by atoms with Gasteiger partial charge in [0.05, 0.1) is 43.9 Å². The molecule has 1 fully saturated rings. The summed E-state index contributed by atoms with van der Waals surface area (Å²) in [5.74, 6) is 0.633. The zero-order chi connectivity index (χ0) is 22.4. The summed E-state index contributed by atoms with van der Waals surface area (Å²) in [6.45, 7) is 3.23. The quantitative estimate of drug-likeness (QED) is 0.667. The number of methoxy groups -OCH3 is 2.